The number of amides is 2. The lowest BCUT2D eigenvalue weighted by atomic mass is 9.79. The largest absolute Gasteiger partial charge is 0.356 e. The summed E-state index contributed by atoms with van der Waals surface area (Å²) in [4.78, 5) is 43.6. The molecule has 1 unspecified atom stereocenters. The van der Waals surface area contributed by atoms with E-state index in [2.05, 4.69) is 27.5 Å². The van der Waals surface area contributed by atoms with Gasteiger partial charge in [-0.25, -0.2) is 9.78 Å². The molecule has 7 rings (SSSR count). The summed E-state index contributed by atoms with van der Waals surface area (Å²) in [7, 11) is 0. The van der Waals surface area contributed by atoms with Gasteiger partial charge in [0.05, 0.1) is 28.7 Å². The Labute approximate surface area is 211 Å². The van der Waals surface area contributed by atoms with E-state index in [4.69, 9.17) is 0 Å². The van der Waals surface area contributed by atoms with E-state index in [1.165, 1.54) is 4.57 Å². The molecule has 184 valence electrons. The van der Waals surface area contributed by atoms with Crippen LogP contribution in [0.25, 0.3) is 11.0 Å². The first kappa shape index (κ1) is 21.6. The quantitative estimate of drug-likeness (QED) is 0.407. The van der Waals surface area contributed by atoms with Crippen LogP contribution < -0.4 is 21.6 Å². The van der Waals surface area contributed by atoms with E-state index < -0.39 is 5.41 Å². The SMILES string of the molecule is C=C1Cn2c(=O)n(CC(=O)Nc3ccc4c(c3)CC3(C4)C(=O)Nc4ncccc43)c3cc(C)cc(c32)N1. The summed E-state index contributed by atoms with van der Waals surface area (Å²) in [6.07, 6.45) is 2.81. The molecule has 2 aromatic heterocycles. The fraction of sp³-hybridized carbons (Fsp3) is 0.214. The molecule has 3 N–H and O–H groups in total. The number of hydrogen-bond donors (Lipinski definition) is 3. The van der Waals surface area contributed by atoms with Crippen LogP contribution in [0.3, 0.4) is 0 Å². The van der Waals surface area contributed by atoms with Gasteiger partial charge in [-0.15, -0.1) is 0 Å². The van der Waals surface area contributed by atoms with E-state index in [0.29, 0.717) is 36.4 Å². The molecule has 4 heterocycles. The third kappa shape index (κ3) is 3.10. The van der Waals surface area contributed by atoms with Gasteiger partial charge in [0.15, 0.2) is 0 Å². The van der Waals surface area contributed by atoms with Crippen LogP contribution in [0.5, 0.6) is 0 Å². The molecule has 0 bridgehead atoms. The maximum atomic E-state index is 13.2. The average Bonchev–Trinajstić information content (AvgIpc) is 3.46. The number of nitrogens with zero attached hydrogens (tertiary/aromatic N) is 3. The van der Waals surface area contributed by atoms with Gasteiger partial charge in [-0.2, -0.15) is 0 Å². The zero-order chi connectivity index (χ0) is 25.5. The number of fused-ring (bicyclic) bond motifs is 3. The number of nitrogens with one attached hydrogen (secondary N) is 3. The summed E-state index contributed by atoms with van der Waals surface area (Å²) < 4.78 is 3.17. The van der Waals surface area contributed by atoms with Crippen molar-refractivity contribution in [2.24, 2.45) is 0 Å². The smallest absolute Gasteiger partial charge is 0.330 e. The van der Waals surface area contributed by atoms with Gasteiger partial charge in [-0.1, -0.05) is 18.7 Å². The molecule has 0 saturated heterocycles. The highest BCUT2D eigenvalue weighted by Crippen LogP contribution is 2.47. The summed E-state index contributed by atoms with van der Waals surface area (Å²) in [5.74, 6) is 0.290. The molecule has 9 nitrogen and oxygen atoms in total. The van der Waals surface area contributed by atoms with E-state index in [-0.39, 0.29) is 24.0 Å². The number of aromatic nitrogens is 3. The molecule has 3 aliphatic rings. The van der Waals surface area contributed by atoms with Crippen molar-refractivity contribution >= 4 is 40.0 Å². The van der Waals surface area contributed by atoms with Crippen LogP contribution in [0.15, 0.2) is 65.7 Å². The summed E-state index contributed by atoms with van der Waals surface area (Å²) in [5, 5.41) is 9.12. The predicted octanol–water partition coefficient (Wildman–Crippen LogP) is 3.07. The number of rotatable bonds is 3. The molecule has 1 spiro atoms. The first-order chi connectivity index (χ1) is 17.8. The van der Waals surface area contributed by atoms with Crippen LogP contribution in [-0.2, 0) is 40.9 Å². The Morgan fingerprint density at radius 1 is 1.14 bits per heavy atom. The fourth-order valence-electron chi connectivity index (χ4n) is 6.10. The second kappa shape index (κ2) is 7.42. The highest BCUT2D eigenvalue weighted by molar-refractivity contribution is 6.06. The topological polar surface area (TPSA) is 110 Å². The van der Waals surface area contributed by atoms with Gasteiger partial charge in [0.25, 0.3) is 0 Å². The van der Waals surface area contributed by atoms with Gasteiger partial charge < -0.3 is 16.0 Å². The second-order valence-corrected chi connectivity index (χ2v) is 10.2. The molecule has 0 saturated carbocycles. The Balaban J connectivity index is 1.16. The number of carbonyl (C=O) groups is 2. The molecule has 37 heavy (non-hydrogen) atoms. The number of carbonyl (C=O) groups excluding carboxylic acids is 2. The molecule has 0 radical (unpaired) electrons. The van der Waals surface area contributed by atoms with Crippen molar-refractivity contribution in [3.63, 3.8) is 0 Å². The average molecular weight is 493 g/mol. The van der Waals surface area contributed by atoms with E-state index in [1.54, 1.807) is 10.8 Å². The van der Waals surface area contributed by atoms with Gasteiger partial charge in [-0.05, 0) is 66.8 Å². The van der Waals surface area contributed by atoms with Crippen molar-refractivity contribution in [3.05, 3.63) is 93.7 Å². The van der Waals surface area contributed by atoms with Gasteiger partial charge in [0.1, 0.15) is 12.4 Å². The molecule has 0 fully saturated rings. The minimum Gasteiger partial charge on any atom is -0.356 e. The van der Waals surface area contributed by atoms with Gasteiger partial charge in [-0.3, -0.25) is 18.7 Å². The minimum atomic E-state index is -0.663. The van der Waals surface area contributed by atoms with Crippen molar-refractivity contribution in [3.8, 4) is 0 Å². The summed E-state index contributed by atoms with van der Waals surface area (Å²) in [6, 6.07) is 13.5. The first-order valence-electron chi connectivity index (χ1n) is 12.2. The Morgan fingerprint density at radius 3 is 2.84 bits per heavy atom. The summed E-state index contributed by atoms with van der Waals surface area (Å²) in [5.41, 5.74) is 6.79. The van der Waals surface area contributed by atoms with E-state index in [1.807, 2.05) is 49.4 Å². The summed E-state index contributed by atoms with van der Waals surface area (Å²) >= 11 is 0. The molecule has 1 atom stereocenters. The number of hydrogen-bond acceptors (Lipinski definition) is 5. The Hall–Kier alpha value is -4.66. The minimum absolute atomic E-state index is 0.0389. The van der Waals surface area contributed by atoms with Gasteiger partial charge >= 0.3 is 5.69 Å². The standard InChI is InChI=1S/C28H24N6O3/c1-15-8-21-24-22(9-15)33(27(37)34(24)13-16(2)30-21)14-23(35)31-19-6-5-17-11-28(12-18(17)10-19)20-4-3-7-29-25(20)32-26(28)36/h3-10,30H,2,11-14H2,1H3,(H,31,35)(H,29,32,36). The number of pyridine rings is 1. The van der Waals surface area contributed by atoms with E-state index in [9.17, 15) is 14.4 Å². The maximum Gasteiger partial charge on any atom is 0.330 e. The monoisotopic (exact) mass is 492 g/mol. The van der Waals surface area contributed by atoms with Crippen molar-refractivity contribution in [2.45, 2.75) is 38.3 Å². The van der Waals surface area contributed by atoms with Gasteiger partial charge in [0.2, 0.25) is 11.8 Å². The van der Waals surface area contributed by atoms with Crippen LogP contribution in [0.4, 0.5) is 17.2 Å². The third-order valence-corrected chi connectivity index (χ3v) is 7.68. The molecule has 9 heteroatoms. The fourth-order valence-corrected chi connectivity index (χ4v) is 6.10. The molecular formula is C28H24N6O3. The highest BCUT2D eigenvalue weighted by Gasteiger charge is 2.51. The Kier molecular flexibility index (Phi) is 4.34. The molecule has 2 amide bonds. The molecular weight excluding hydrogens is 468 g/mol. The van der Waals surface area contributed by atoms with Crippen molar-refractivity contribution in [2.75, 3.05) is 16.0 Å². The van der Waals surface area contributed by atoms with Crippen LogP contribution in [-0.4, -0.2) is 25.9 Å². The van der Waals surface area contributed by atoms with Crippen LogP contribution in [0, 0.1) is 6.92 Å². The lowest BCUT2D eigenvalue weighted by molar-refractivity contribution is -0.120. The zero-order valence-electron chi connectivity index (χ0n) is 20.2. The van der Waals surface area contributed by atoms with Crippen molar-refractivity contribution in [1.82, 2.24) is 14.1 Å². The van der Waals surface area contributed by atoms with E-state index in [0.717, 1.165) is 39.2 Å². The van der Waals surface area contributed by atoms with E-state index >= 15 is 0 Å². The Morgan fingerprint density at radius 2 is 1.97 bits per heavy atom. The molecule has 4 aromatic rings. The summed E-state index contributed by atoms with van der Waals surface area (Å²) in [6.45, 7) is 6.19. The van der Waals surface area contributed by atoms with Gasteiger partial charge in [0, 0.05) is 23.1 Å². The van der Waals surface area contributed by atoms with Crippen molar-refractivity contribution in [1.29, 1.82) is 0 Å². The number of benzene rings is 2. The lowest BCUT2D eigenvalue weighted by Gasteiger charge is -2.20. The maximum absolute atomic E-state index is 13.2. The predicted molar refractivity (Wildman–Crippen MR) is 141 cm³/mol. The normalized spacial score (nSPS) is 19.1. The first-order valence-corrected chi connectivity index (χ1v) is 12.2. The lowest BCUT2D eigenvalue weighted by Crippen LogP contribution is -2.35. The van der Waals surface area contributed by atoms with Crippen LogP contribution >= 0.6 is 0 Å². The highest BCUT2D eigenvalue weighted by atomic mass is 16.2. The van der Waals surface area contributed by atoms with Crippen LogP contribution in [0.1, 0.15) is 22.3 Å². The number of allylic oxidation sites excluding steroid dienone is 1. The number of anilines is 3. The molecule has 1 aliphatic carbocycles. The molecule has 2 aliphatic heterocycles. The Bertz CT molecular complexity index is 1760. The number of aryl methyl sites for hydroxylation is 1. The van der Waals surface area contributed by atoms with Crippen molar-refractivity contribution < 1.29 is 9.59 Å². The van der Waals surface area contributed by atoms with Crippen LogP contribution in [0.2, 0.25) is 0 Å². The number of imidazole rings is 1. The zero-order valence-corrected chi connectivity index (χ0v) is 20.2. The second-order valence-electron chi connectivity index (χ2n) is 10.2. The third-order valence-electron chi connectivity index (χ3n) is 7.68. The molecule has 2 aromatic carbocycles.